The van der Waals surface area contributed by atoms with Crippen molar-refractivity contribution in [1.29, 1.82) is 0 Å². The number of carbonyl (C=O) groups is 1. The average Bonchev–Trinajstić information content (AvgIpc) is 2.86. The zero-order valence-corrected chi connectivity index (χ0v) is 11.4. The molecule has 0 aromatic carbocycles. The Labute approximate surface area is 113 Å². The van der Waals surface area contributed by atoms with Crippen molar-refractivity contribution in [3.63, 3.8) is 0 Å². The molecule has 19 heavy (non-hydrogen) atoms. The lowest BCUT2D eigenvalue weighted by molar-refractivity contribution is -0.125. The summed E-state index contributed by atoms with van der Waals surface area (Å²) in [5, 5.41) is 7.69. The smallest absolute Gasteiger partial charge is 0.245 e. The predicted molar refractivity (Wildman–Crippen MR) is 73.0 cm³/mol. The van der Waals surface area contributed by atoms with Crippen LogP contribution in [0.3, 0.4) is 0 Å². The monoisotopic (exact) mass is 263 g/mol. The van der Waals surface area contributed by atoms with Gasteiger partial charge < -0.3 is 5.32 Å². The minimum absolute atomic E-state index is 0.0397. The molecule has 0 radical (unpaired) electrons. The minimum atomic E-state index is 0.0397. The maximum absolute atomic E-state index is 12.6. The zero-order valence-electron chi connectivity index (χ0n) is 11.4. The molecule has 2 aliphatic rings. The summed E-state index contributed by atoms with van der Waals surface area (Å²) < 4.78 is 1.75. The van der Waals surface area contributed by atoms with Gasteiger partial charge in [-0.1, -0.05) is 0 Å². The zero-order chi connectivity index (χ0) is 13.2. The summed E-state index contributed by atoms with van der Waals surface area (Å²) >= 11 is 0. The third kappa shape index (κ3) is 2.50. The Morgan fingerprint density at radius 3 is 2.79 bits per heavy atom. The van der Waals surface area contributed by atoms with Crippen LogP contribution in [0.1, 0.15) is 12.8 Å². The highest BCUT2D eigenvalue weighted by molar-refractivity contribution is 5.97. The first-order valence-corrected chi connectivity index (χ1v) is 7.01. The van der Waals surface area contributed by atoms with Gasteiger partial charge in [-0.05, 0) is 12.8 Å². The molecule has 1 N–H and O–H groups in total. The van der Waals surface area contributed by atoms with Gasteiger partial charge in [-0.2, -0.15) is 5.10 Å². The van der Waals surface area contributed by atoms with E-state index in [2.05, 4.69) is 15.3 Å². The van der Waals surface area contributed by atoms with Gasteiger partial charge in [0.1, 0.15) is 0 Å². The van der Waals surface area contributed by atoms with Crippen LogP contribution in [0.25, 0.3) is 0 Å². The molecule has 1 atom stereocenters. The summed E-state index contributed by atoms with van der Waals surface area (Å²) in [7, 11) is 1.88. The molecule has 3 rings (SSSR count). The second kappa shape index (κ2) is 5.30. The van der Waals surface area contributed by atoms with Gasteiger partial charge in [0, 0.05) is 52.0 Å². The van der Waals surface area contributed by atoms with E-state index in [9.17, 15) is 4.79 Å². The van der Waals surface area contributed by atoms with Crippen LogP contribution in [-0.4, -0.2) is 59.4 Å². The van der Waals surface area contributed by atoms with Crippen molar-refractivity contribution in [1.82, 2.24) is 20.0 Å². The van der Waals surface area contributed by atoms with Crippen molar-refractivity contribution >= 4 is 11.7 Å². The number of piperidine rings is 1. The van der Waals surface area contributed by atoms with Gasteiger partial charge in [-0.25, -0.2) is 0 Å². The number of nitrogens with zero attached hydrogens (tertiary/aromatic N) is 4. The van der Waals surface area contributed by atoms with Crippen LogP contribution in [0.2, 0.25) is 0 Å². The number of nitrogens with one attached hydrogen (secondary N) is 1. The number of carbonyl (C=O) groups excluding carboxylic acids is 1. The molecule has 0 spiro atoms. The van der Waals surface area contributed by atoms with E-state index in [1.807, 2.05) is 24.2 Å². The molecule has 1 aromatic rings. The first kappa shape index (κ1) is 12.6. The van der Waals surface area contributed by atoms with Crippen LogP contribution in [0.15, 0.2) is 12.3 Å². The molecule has 0 bridgehead atoms. The van der Waals surface area contributed by atoms with Crippen LogP contribution in [-0.2, 0) is 11.8 Å². The number of amides is 1. The van der Waals surface area contributed by atoms with E-state index >= 15 is 0 Å². The SMILES string of the molecule is Cn1ccc(N2CCCC(N3CCNCC3)C2=O)n1. The topological polar surface area (TPSA) is 53.4 Å². The van der Waals surface area contributed by atoms with Crippen molar-refractivity contribution in [2.45, 2.75) is 18.9 Å². The molecule has 2 fully saturated rings. The Bertz CT molecular complexity index is 452. The van der Waals surface area contributed by atoms with Gasteiger partial charge in [0.15, 0.2) is 5.82 Å². The number of rotatable bonds is 2. The Morgan fingerprint density at radius 1 is 1.32 bits per heavy atom. The minimum Gasteiger partial charge on any atom is -0.314 e. The summed E-state index contributed by atoms with van der Waals surface area (Å²) in [6, 6.07) is 1.95. The van der Waals surface area contributed by atoms with E-state index in [4.69, 9.17) is 0 Å². The molecule has 1 unspecified atom stereocenters. The largest absolute Gasteiger partial charge is 0.314 e. The van der Waals surface area contributed by atoms with Crippen molar-refractivity contribution < 1.29 is 4.79 Å². The van der Waals surface area contributed by atoms with Crippen LogP contribution in [0.4, 0.5) is 5.82 Å². The lowest BCUT2D eigenvalue weighted by Gasteiger charge is -2.39. The standard InChI is InChI=1S/C13H21N5O/c1-16-8-4-12(15-16)18-7-2-3-11(13(18)19)17-9-5-14-6-10-17/h4,8,11,14H,2-3,5-7,9-10H2,1H3. The number of aryl methyl sites for hydroxylation is 1. The molecule has 2 saturated heterocycles. The molecule has 104 valence electrons. The maximum atomic E-state index is 12.6. The molecule has 6 nitrogen and oxygen atoms in total. The number of aromatic nitrogens is 2. The van der Waals surface area contributed by atoms with E-state index in [1.165, 1.54) is 0 Å². The molecule has 0 aliphatic carbocycles. The summed E-state index contributed by atoms with van der Waals surface area (Å²) in [6.45, 7) is 4.68. The Kier molecular flexibility index (Phi) is 3.52. The summed E-state index contributed by atoms with van der Waals surface area (Å²) in [5.41, 5.74) is 0. The molecule has 1 aromatic heterocycles. The normalized spacial score (nSPS) is 25.8. The Morgan fingerprint density at radius 2 is 2.11 bits per heavy atom. The van der Waals surface area contributed by atoms with Crippen molar-refractivity contribution in [2.75, 3.05) is 37.6 Å². The molecule has 3 heterocycles. The Balaban J connectivity index is 1.75. The van der Waals surface area contributed by atoms with Crippen molar-refractivity contribution in [2.24, 2.45) is 7.05 Å². The molecule has 0 saturated carbocycles. The highest BCUT2D eigenvalue weighted by atomic mass is 16.2. The number of piperazine rings is 1. The van der Waals surface area contributed by atoms with Gasteiger partial charge in [-0.3, -0.25) is 19.3 Å². The summed E-state index contributed by atoms with van der Waals surface area (Å²) in [6.07, 6.45) is 3.91. The highest BCUT2D eigenvalue weighted by Crippen LogP contribution is 2.22. The predicted octanol–water partition coefficient (Wildman–Crippen LogP) is -0.179. The van der Waals surface area contributed by atoms with E-state index in [-0.39, 0.29) is 11.9 Å². The summed E-state index contributed by atoms with van der Waals surface area (Å²) in [4.78, 5) is 16.8. The van der Waals surface area contributed by atoms with E-state index in [1.54, 1.807) is 4.68 Å². The molecular weight excluding hydrogens is 242 g/mol. The first-order chi connectivity index (χ1) is 9.25. The second-order valence-electron chi connectivity index (χ2n) is 5.28. The average molecular weight is 263 g/mol. The quantitative estimate of drug-likeness (QED) is 0.804. The Hall–Kier alpha value is -1.40. The van der Waals surface area contributed by atoms with Crippen LogP contribution >= 0.6 is 0 Å². The van der Waals surface area contributed by atoms with Crippen LogP contribution in [0, 0.1) is 0 Å². The van der Waals surface area contributed by atoms with Gasteiger partial charge >= 0.3 is 0 Å². The van der Waals surface area contributed by atoms with Gasteiger partial charge in [0.25, 0.3) is 0 Å². The van der Waals surface area contributed by atoms with E-state index < -0.39 is 0 Å². The van der Waals surface area contributed by atoms with Gasteiger partial charge in [0.05, 0.1) is 6.04 Å². The first-order valence-electron chi connectivity index (χ1n) is 7.01. The fourth-order valence-corrected chi connectivity index (χ4v) is 2.96. The third-order valence-electron chi connectivity index (χ3n) is 3.98. The van der Waals surface area contributed by atoms with Crippen LogP contribution in [0.5, 0.6) is 0 Å². The molecule has 2 aliphatic heterocycles. The van der Waals surface area contributed by atoms with Crippen molar-refractivity contribution in [3.8, 4) is 0 Å². The second-order valence-corrected chi connectivity index (χ2v) is 5.28. The maximum Gasteiger partial charge on any atom is 0.245 e. The van der Waals surface area contributed by atoms with Gasteiger partial charge in [-0.15, -0.1) is 0 Å². The molecule has 1 amide bonds. The number of hydrogen-bond donors (Lipinski definition) is 1. The number of anilines is 1. The lowest BCUT2D eigenvalue weighted by atomic mass is 10.0. The lowest BCUT2D eigenvalue weighted by Crippen LogP contribution is -2.57. The highest BCUT2D eigenvalue weighted by Gasteiger charge is 2.35. The molecular formula is C13H21N5O. The fraction of sp³-hybridized carbons (Fsp3) is 0.692. The summed E-state index contributed by atoms with van der Waals surface area (Å²) in [5.74, 6) is 0.999. The fourth-order valence-electron chi connectivity index (χ4n) is 2.96. The third-order valence-corrected chi connectivity index (χ3v) is 3.98. The van der Waals surface area contributed by atoms with E-state index in [0.29, 0.717) is 0 Å². The number of hydrogen-bond acceptors (Lipinski definition) is 4. The van der Waals surface area contributed by atoms with Crippen molar-refractivity contribution in [3.05, 3.63) is 12.3 Å². The molecule has 6 heteroatoms. The van der Waals surface area contributed by atoms with E-state index in [0.717, 1.165) is 51.4 Å². The van der Waals surface area contributed by atoms with Crippen LogP contribution < -0.4 is 10.2 Å². The van der Waals surface area contributed by atoms with Gasteiger partial charge in [0.2, 0.25) is 5.91 Å².